The monoisotopic (exact) mass is 307 g/mol. The van der Waals surface area contributed by atoms with Crippen LogP contribution < -0.4 is 5.73 Å². The molecular weight excluding hydrogens is 286 g/mol. The van der Waals surface area contributed by atoms with Crippen LogP contribution in [0.2, 0.25) is 0 Å². The molecule has 0 radical (unpaired) electrons. The summed E-state index contributed by atoms with van der Waals surface area (Å²) in [4.78, 5) is 28.3. The first-order chi connectivity index (χ1) is 10.5. The van der Waals surface area contributed by atoms with Crippen LogP contribution in [0.1, 0.15) is 5.69 Å². The molecule has 1 aromatic heterocycles. The zero-order valence-electron chi connectivity index (χ0n) is 12.9. The van der Waals surface area contributed by atoms with Crippen LogP contribution in [0, 0.1) is 12.8 Å². The number of ether oxygens (including phenoxy) is 1. The van der Waals surface area contributed by atoms with Gasteiger partial charge in [-0.05, 0) is 6.92 Å². The van der Waals surface area contributed by atoms with E-state index in [4.69, 9.17) is 10.5 Å². The van der Waals surface area contributed by atoms with Crippen molar-refractivity contribution >= 4 is 17.6 Å². The number of amides is 2. The lowest BCUT2D eigenvalue weighted by molar-refractivity contribution is -0.135. The number of rotatable bonds is 2. The quantitative estimate of drug-likeness (QED) is 0.763. The van der Waals surface area contributed by atoms with Gasteiger partial charge in [-0.1, -0.05) is 0 Å². The van der Waals surface area contributed by atoms with Gasteiger partial charge in [0.1, 0.15) is 12.4 Å². The lowest BCUT2D eigenvalue weighted by Crippen LogP contribution is -2.46. The summed E-state index contributed by atoms with van der Waals surface area (Å²) >= 11 is 0. The van der Waals surface area contributed by atoms with E-state index in [9.17, 15) is 9.59 Å². The van der Waals surface area contributed by atoms with Crippen molar-refractivity contribution in [2.75, 3.05) is 39.1 Å². The van der Waals surface area contributed by atoms with Gasteiger partial charge in [-0.3, -0.25) is 9.59 Å². The first-order valence-corrected chi connectivity index (χ1v) is 7.38. The molecule has 2 fully saturated rings. The van der Waals surface area contributed by atoms with Gasteiger partial charge in [0.15, 0.2) is 0 Å². The Morgan fingerprint density at radius 2 is 2.23 bits per heavy atom. The number of carbonyl (C=O) groups excluding carboxylic acids is 2. The van der Waals surface area contributed by atoms with Gasteiger partial charge in [0.25, 0.3) is 0 Å². The summed E-state index contributed by atoms with van der Waals surface area (Å²) < 4.78 is 7.03. The van der Waals surface area contributed by atoms with E-state index in [1.807, 2.05) is 6.92 Å². The van der Waals surface area contributed by atoms with Crippen molar-refractivity contribution in [3.8, 4) is 0 Å². The third kappa shape index (κ3) is 2.66. The maximum absolute atomic E-state index is 12.6. The van der Waals surface area contributed by atoms with Gasteiger partial charge in [0.2, 0.25) is 11.8 Å². The first-order valence-electron chi connectivity index (χ1n) is 7.38. The van der Waals surface area contributed by atoms with Crippen LogP contribution in [-0.4, -0.2) is 70.8 Å². The predicted octanol–water partition coefficient (Wildman–Crippen LogP) is -0.911. The molecule has 3 rings (SSSR count). The molecule has 0 spiro atoms. The Kier molecular flexibility index (Phi) is 3.78. The van der Waals surface area contributed by atoms with Crippen molar-refractivity contribution in [2.24, 2.45) is 5.92 Å². The Morgan fingerprint density at radius 1 is 1.45 bits per heavy atom. The normalized spacial score (nSPS) is 25.3. The highest BCUT2D eigenvalue weighted by Crippen LogP contribution is 2.20. The number of nitrogen functional groups attached to an aromatic ring is 1. The summed E-state index contributed by atoms with van der Waals surface area (Å²) in [6.45, 7) is 3.63. The van der Waals surface area contributed by atoms with Crippen LogP contribution >= 0.6 is 0 Å². The molecule has 2 bridgehead atoms. The Balaban J connectivity index is 1.76. The summed E-state index contributed by atoms with van der Waals surface area (Å²) in [5.74, 6) is 0.151. The Morgan fingerprint density at radius 3 is 2.91 bits per heavy atom. The number of aryl methyl sites for hydroxylation is 1. The summed E-state index contributed by atoms with van der Waals surface area (Å²) in [7, 11) is 1.78. The smallest absolute Gasteiger partial charge is 0.244 e. The van der Waals surface area contributed by atoms with Crippen molar-refractivity contribution in [3.63, 3.8) is 0 Å². The Hall–Kier alpha value is -2.09. The van der Waals surface area contributed by atoms with Crippen LogP contribution in [0.4, 0.5) is 5.82 Å². The molecule has 2 saturated heterocycles. The number of carbonyl (C=O) groups is 2. The number of fused-ring (bicyclic) bond motifs is 3. The fourth-order valence-corrected chi connectivity index (χ4v) is 3.02. The van der Waals surface area contributed by atoms with Crippen LogP contribution in [0.3, 0.4) is 0 Å². The Bertz CT molecular complexity index is 599. The topological polar surface area (TPSA) is 93.7 Å². The van der Waals surface area contributed by atoms with Gasteiger partial charge in [-0.2, -0.15) is 5.10 Å². The SMILES string of the molecule is Cc1cc(N)n(CC(=O)N2C[C@@H]3COC[C@H](C2)N(C)C3=O)n1. The van der Waals surface area contributed by atoms with E-state index in [-0.39, 0.29) is 30.3 Å². The van der Waals surface area contributed by atoms with Gasteiger partial charge in [-0.25, -0.2) is 4.68 Å². The van der Waals surface area contributed by atoms with Gasteiger partial charge in [0.05, 0.1) is 30.9 Å². The van der Waals surface area contributed by atoms with Gasteiger partial charge >= 0.3 is 0 Å². The number of nitrogens with zero attached hydrogens (tertiary/aromatic N) is 4. The van der Waals surface area contributed by atoms with E-state index in [1.54, 1.807) is 22.9 Å². The maximum Gasteiger partial charge on any atom is 0.244 e. The highest BCUT2D eigenvalue weighted by Gasteiger charge is 2.38. The molecule has 22 heavy (non-hydrogen) atoms. The molecule has 2 N–H and O–H groups in total. The van der Waals surface area contributed by atoms with Crippen molar-refractivity contribution < 1.29 is 14.3 Å². The lowest BCUT2D eigenvalue weighted by atomic mass is 10.1. The molecular formula is C14H21N5O3. The van der Waals surface area contributed by atoms with E-state index in [0.717, 1.165) is 5.69 Å². The number of hydrogen-bond acceptors (Lipinski definition) is 5. The van der Waals surface area contributed by atoms with Crippen LogP contribution in [0.5, 0.6) is 0 Å². The molecule has 0 unspecified atom stereocenters. The molecule has 8 nitrogen and oxygen atoms in total. The molecule has 2 aliphatic heterocycles. The van der Waals surface area contributed by atoms with Crippen molar-refractivity contribution in [2.45, 2.75) is 19.5 Å². The molecule has 3 heterocycles. The zero-order chi connectivity index (χ0) is 15.9. The number of anilines is 1. The molecule has 120 valence electrons. The van der Waals surface area contributed by atoms with Gasteiger partial charge in [-0.15, -0.1) is 0 Å². The first kappa shape index (κ1) is 14.8. The summed E-state index contributed by atoms with van der Waals surface area (Å²) in [5, 5.41) is 4.21. The molecule has 2 amide bonds. The Labute approximate surface area is 128 Å². The van der Waals surface area contributed by atoms with Crippen LogP contribution in [-0.2, 0) is 20.9 Å². The number of nitrogens with two attached hydrogens (primary N) is 1. The number of likely N-dealkylation sites (N-methyl/N-ethyl adjacent to an activating group) is 1. The molecule has 0 saturated carbocycles. The second-order valence-electron chi connectivity index (χ2n) is 6.00. The van der Waals surface area contributed by atoms with E-state index in [0.29, 0.717) is 32.1 Å². The van der Waals surface area contributed by atoms with Gasteiger partial charge in [0, 0.05) is 26.2 Å². The fraction of sp³-hybridized carbons (Fsp3) is 0.643. The average Bonchev–Trinajstić information content (AvgIpc) is 2.61. The minimum atomic E-state index is -0.293. The molecule has 0 aliphatic carbocycles. The molecule has 2 aliphatic rings. The van der Waals surface area contributed by atoms with Crippen LogP contribution in [0.15, 0.2) is 6.07 Å². The standard InChI is InChI=1S/C14H21N5O3/c1-9-3-12(15)19(16-9)6-13(20)18-4-10-7-22-8-11(5-18)17(2)14(10)21/h3,10-11H,4-8,15H2,1-2H3/t10-,11+/m1/s1. The highest BCUT2D eigenvalue weighted by molar-refractivity contribution is 5.82. The van der Waals surface area contributed by atoms with E-state index in [2.05, 4.69) is 5.10 Å². The van der Waals surface area contributed by atoms with E-state index >= 15 is 0 Å². The summed E-state index contributed by atoms with van der Waals surface area (Å²) in [6, 6.07) is 1.64. The fourth-order valence-electron chi connectivity index (χ4n) is 3.02. The molecule has 1 aromatic rings. The third-order valence-corrected chi connectivity index (χ3v) is 4.32. The molecule has 8 heteroatoms. The number of aromatic nitrogens is 2. The highest BCUT2D eigenvalue weighted by atomic mass is 16.5. The maximum atomic E-state index is 12.6. The van der Waals surface area contributed by atoms with Crippen LogP contribution in [0.25, 0.3) is 0 Å². The van der Waals surface area contributed by atoms with Crippen molar-refractivity contribution in [1.29, 1.82) is 0 Å². The lowest BCUT2D eigenvalue weighted by Gasteiger charge is -2.29. The molecule has 0 aromatic carbocycles. The molecule has 2 atom stereocenters. The minimum Gasteiger partial charge on any atom is -0.384 e. The predicted molar refractivity (Wildman–Crippen MR) is 78.8 cm³/mol. The summed E-state index contributed by atoms with van der Waals surface area (Å²) in [6.07, 6.45) is 0. The van der Waals surface area contributed by atoms with Crippen molar-refractivity contribution in [1.82, 2.24) is 19.6 Å². The van der Waals surface area contributed by atoms with Gasteiger partial charge < -0.3 is 20.3 Å². The zero-order valence-corrected chi connectivity index (χ0v) is 12.9. The average molecular weight is 307 g/mol. The van der Waals surface area contributed by atoms with E-state index in [1.165, 1.54) is 4.68 Å². The second-order valence-corrected chi connectivity index (χ2v) is 6.00. The largest absolute Gasteiger partial charge is 0.384 e. The number of hydrogen-bond donors (Lipinski definition) is 1. The van der Waals surface area contributed by atoms with Crippen molar-refractivity contribution in [3.05, 3.63) is 11.8 Å². The second kappa shape index (κ2) is 5.60. The third-order valence-electron chi connectivity index (χ3n) is 4.32. The van der Waals surface area contributed by atoms with E-state index < -0.39 is 0 Å². The minimum absolute atomic E-state index is 0.0484. The summed E-state index contributed by atoms with van der Waals surface area (Å²) in [5.41, 5.74) is 6.61.